The molecule has 1 aromatic heterocycles. The molecule has 1 unspecified atom stereocenters. The van der Waals surface area contributed by atoms with E-state index in [2.05, 4.69) is 11.9 Å². The van der Waals surface area contributed by atoms with Crippen molar-refractivity contribution in [2.75, 3.05) is 18.1 Å². The van der Waals surface area contributed by atoms with Gasteiger partial charge < -0.3 is 9.72 Å². The molecule has 3 rings (SSSR count). The molecule has 0 amide bonds. The molecular weight excluding hydrogens is 353 g/mol. The summed E-state index contributed by atoms with van der Waals surface area (Å²) in [5.74, 6) is 1.02. The van der Waals surface area contributed by atoms with Crippen molar-refractivity contribution in [3.8, 4) is 0 Å². The summed E-state index contributed by atoms with van der Waals surface area (Å²) in [7, 11) is 0. The maximum Gasteiger partial charge on any atom is 0.355 e. The van der Waals surface area contributed by atoms with Gasteiger partial charge in [-0.3, -0.25) is 4.79 Å². The van der Waals surface area contributed by atoms with E-state index in [0.29, 0.717) is 36.3 Å². The Balaban J connectivity index is 1.78. The summed E-state index contributed by atoms with van der Waals surface area (Å²) in [6, 6.07) is 6.25. The lowest BCUT2D eigenvalue weighted by Crippen LogP contribution is -2.18. The first-order valence-corrected chi connectivity index (χ1v) is 9.91. The second-order valence-corrected chi connectivity index (χ2v) is 7.79. The Kier molecular flexibility index (Phi) is 5.81. The smallest absolute Gasteiger partial charge is 0.355 e. The minimum atomic E-state index is -0.417. The number of halogens is 1. The molecule has 1 aromatic carbocycles. The average Bonchev–Trinajstić information content (AvgIpc) is 2.96. The van der Waals surface area contributed by atoms with Crippen LogP contribution in [0.4, 0.5) is 4.39 Å². The highest BCUT2D eigenvalue weighted by Crippen LogP contribution is 2.35. The maximum absolute atomic E-state index is 13.1. The Hall–Kier alpha value is -2.08. The van der Waals surface area contributed by atoms with E-state index in [1.165, 1.54) is 12.1 Å². The molecule has 2 aromatic rings. The topological polar surface area (TPSA) is 59.2 Å². The van der Waals surface area contributed by atoms with Crippen LogP contribution in [0.25, 0.3) is 0 Å². The predicted molar refractivity (Wildman–Crippen MR) is 101 cm³/mol. The number of thioether (sulfide) groups is 1. The fraction of sp³-hybridized carbons (Fsp3) is 0.400. The zero-order valence-electron chi connectivity index (χ0n) is 14.9. The van der Waals surface area contributed by atoms with Gasteiger partial charge in [-0.15, -0.1) is 0 Å². The monoisotopic (exact) mass is 375 g/mol. The number of hydrogen-bond donors (Lipinski definition) is 1. The maximum atomic E-state index is 13.1. The number of H-pyrrole nitrogens is 1. The molecule has 138 valence electrons. The van der Waals surface area contributed by atoms with Gasteiger partial charge in [0.15, 0.2) is 5.78 Å². The molecule has 0 saturated heterocycles. The van der Waals surface area contributed by atoms with E-state index in [-0.39, 0.29) is 17.5 Å². The van der Waals surface area contributed by atoms with E-state index in [4.69, 9.17) is 4.74 Å². The molecule has 4 nitrogen and oxygen atoms in total. The lowest BCUT2D eigenvalue weighted by molar-refractivity contribution is 0.0523. The molecule has 0 fully saturated rings. The first-order chi connectivity index (χ1) is 12.5. The Labute approximate surface area is 156 Å². The van der Waals surface area contributed by atoms with Crippen molar-refractivity contribution in [2.45, 2.75) is 32.6 Å². The van der Waals surface area contributed by atoms with Crippen LogP contribution in [0.15, 0.2) is 24.3 Å². The number of esters is 1. The molecule has 0 aliphatic heterocycles. The number of aromatic amines is 1. The van der Waals surface area contributed by atoms with Crippen LogP contribution in [0.5, 0.6) is 0 Å². The van der Waals surface area contributed by atoms with Gasteiger partial charge in [-0.25, -0.2) is 9.18 Å². The third kappa shape index (κ3) is 3.85. The third-order valence-electron chi connectivity index (χ3n) is 4.70. The van der Waals surface area contributed by atoms with Crippen LogP contribution in [-0.2, 0) is 11.2 Å². The van der Waals surface area contributed by atoms with Crippen molar-refractivity contribution >= 4 is 23.5 Å². The lowest BCUT2D eigenvalue weighted by Gasteiger charge is -2.22. The van der Waals surface area contributed by atoms with Gasteiger partial charge in [0.2, 0.25) is 0 Å². The fourth-order valence-corrected chi connectivity index (χ4v) is 3.91. The van der Waals surface area contributed by atoms with Gasteiger partial charge in [-0.05, 0) is 48.3 Å². The van der Waals surface area contributed by atoms with Crippen LogP contribution in [0, 0.1) is 12.7 Å². The Bertz CT molecular complexity index is 813. The van der Waals surface area contributed by atoms with Gasteiger partial charge in [0, 0.05) is 23.4 Å². The van der Waals surface area contributed by atoms with Crippen LogP contribution >= 0.6 is 11.8 Å². The number of carbonyl (C=O) groups excluding carboxylic acids is 2. The quantitative estimate of drug-likeness (QED) is 0.605. The van der Waals surface area contributed by atoms with Crippen molar-refractivity contribution in [1.29, 1.82) is 0 Å². The second-order valence-electron chi connectivity index (χ2n) is 6.39. The second kappa shape index (κ2) is 8.08. The van der Waals surface area contributed by atoms with Crippen LogP contribution in [-0.4, -0.2) is 34.8 Å². The van der Waals surface area contributed by atoms with E-state index in [9.17, 15) is 14.0 Å². The fourth-order valence-electron chi connectivity index (χ4n) is 3.42. The van der Waals surface area contributed by atoms with Crippen LogP contribution < -0.4 is 0 Å². The highest BCUT2D eigenvalue weighted by molar-refractivity contribution is 7.99. The molecule has 6 heteroatoms. The van der Waals surface area contributed by atoms with Crippen LogP contribution in [0.2, 0.25) is 0 Å². The summed E-state index contributed by atoms with van der Waals surface area (Å²) in [6.07, 6.45) is 0.978. The van der Waals surface area contributed by atoms with Crippen molar-refractivity contribution in [3.63, 3.8) is 0 Å². The molecule has 0 saturated carbocycles. The van der Waals surface area contributed by atoms with E-state index >= 15 is 0 Å². The molecular formula is C20H22FNO3S. The molecule has 1 N–H and O–H groups in total. The van der Waals surface area contributed by atoms with Crippen LogP contribution in [0.1, 0.15) is 56.9 Å². The number of Topliss-reactive ketones (excluding diaryl/α,β-unsaturated/α-hetero) is 1. The van der Waals surface area contributed by atoms with Gasteiger partial charge in [-0.1, -0.05) is 19.1 Å². The normalized spacial score (nSPS) is 16.4. The zero-order valence-corrected chi connectivity index (χ0v) is 15.7. The summed E-state index contributed by atoms with van der Waals surface area (Å²) in [5, 5.41) is 0. The first-order valence-electron chi connectivity index (χ1n) is 8.76. The minimum Gasteiger partial charge on any atom is -0.460 e. The van der Waals surface area contributed by atoms with Gasteiger partial charge in [0.1, 0.15) is 18.1 Å². The lowest BCUT2D eigenvalue weighted by atomic mass is 9.81. The summed E-state index contributed by atoms with van der Waals surface area (Å²) in [4.78, 5) is 28.1. The molecule has 1 heterocycles. The third-order valence-corrected chi connectivity index (χ3v) is 5.56. The summed E-state index contributed by atoms with van der Waals surface area (Å²) >= 11 is 1.71. The van der Waals surface area contributed by atoms with Gasteiger partial charge in [-0.2, -0.15) is 11.8 Å². The first kappa shape index (κ1) is 18.7. The van der Waals surface area contributed by atoms with Gasteiger partial charge >= 0.3 is 5.97 Å². The summed E-state index contributed by atoms with van der Waals surface area (Å²) in [6.45, 7) is 4.19. The highest BCUT2D eigenvalue weighted by Gasteiger charge is 2.32. The minimum absolute atomic E-state index is 0.00918. The molecule has 26 heavy (non-hydrogen) atoms. The van der Waals surface area contributed by atoms with Crippen LogP contribution in [0.3, 0.4) is 0 Å². The van der Waals surface area contributed by atoms with E-state index < -0.39 is 5.97 Å². The summed E-state index contributed by atoms with van der Waals surface area (Å²) in [5.41, 5.74) is 3.33. The van der Waals surface area contributed by atoms with Crippen molar-refractivity contribution in [1.82, 2.24) is 4.98 Å². The van der Waals surface area contributed by atoms with E-state index in [0.717, 1.165) is 22.8 Å². The average molecular weight is 375 g/mol. The number of hydrogen-bond acceptors (Lipinski definition) is 4. The number of carbonyl (C=O) groups is 2. The Morgan fingerprint density at radius 3 is 2.73 bits per heavy atom. The number of benzene rings is 1. The molecule has 0 radical (unpaired) electrons. The SMILES string of the molecule is CCSCCOC(=O)c1[nH]c2c(c1C)C(=O)CC(c1ccc(F)cc1)C2. The number of aromatic nitrogens is 1. The number of rotatable bonds is 6. The van der Waals surface area contributed by atoms with Gasteiger partial charge in [0.25, 0.3) is 0 Å². The zero-order chi connectivity index (χ0) is 18.7. The van der Waals surface area contributed by atoms with Gasteiger partial charge in [0.05, 0.1) is 0 Å². The molecule has 0 bridgehead atoms. The largest absolute Gasteiger partial charge is 0.460 e. The molecule has 1 atom stereocenters. The summed E-state index contributed by atoms with van der Waals surface area (Å²) < 4.78 is 18.4. The highest BCUT2D eigenvalue weighted by atomic mass is 32.2. The van der Waals surface area contributed by atoms with Crippen molar-refractivity contribution < 1.29 is 18.7 Å². The predicted octanol–water partition coefficient (Wildman–Crippen LogP) is 4.28. The van der Waals surface area contributed by atoms with Crippen molar-refractivity contribution in [2.24, 2.45) is 0 Å². The number of ketones is 1. The standard InChI is InChI=1S/C20H22FNO3S/c1-3-26-9-8-25-20(24)19-12(2)18-16(22-19)10-14(11-17(18)23)13-4-6-15(21)7-5-13/h4-7,14,22H,3,8-11H2,1-2H3. The van der Waals surface area contributed by atoms with Crippen molar-refractivity contribution in [3.05, 3.63) is 58.2 Å². The van der Waals surface area contributed by atoms with E-state index in [1.54, 1.807) is 30.8 Å². The number of fused-ring (bicyclic) bond motifs is 1. The molecule has 0 spiro atoms. The van der Waals surface area contributed by atoms with E-state index in [1.807, 2.05) is 0 Å². The number of nitrogens with one attached hydrogen (secondary N) is 1. The Morgan fingerprint density at radius 1 is 1.31 bits per heavy atom. The molecule has 1 aliphatic carbocycles. The molecule has 1 aliphatic rings. The Morgan fingerprint density at radius 2 is 2.04 bits per heavy atom. The number of ether oxygens (including phenoxy) is 1.